The van der Waals surface area contributed by atoms with Crippen molar-refractivity contribution in [1.82, 2.24) is 14.3 Å². The first kappa shape index (κ1) is 25.2. The first-order chi connectivity index (χ1) is 17.6. The molecule has 1 aromatic heterocycles. The summed E-state index contributed by atoms with van der Waals surface area (Å²) >= 11 is 0. The van der Waals surface area contributed by atoms with E-state index in [2.05, 4.69) is 4.72 Å². The van der Waals surface area contributed by atoms with E-state index in [0.717, 1.165) is 34.8 Å². The van der Waals surface area contributed by atoms with E-state index in [1.165, 1.54) is 12.1 Å². The molecule has 1 fully saturated rings. The Morgan fingerprint density at radius 1 is 0.946 bits per heavy atom. The molecule has 0 radical (unpaired) electrons. The number of piperidine rings is 1. The zero-order valence-corrected chi connectivity index (χ0v) is 20.4. The monoisotopic (exact) mass is 532 g/mol. The number of benzene rings is 3. The minimum absolute atomic E-state index is 0.322. The second-order valence-corrected chi connectivity index (χ2v) is 10.7. The summed E-state index contributed by atoms with van der Waals surface area (Å²) in [5.74, 6) is 0.377. The minimum atomic E-state index is -4.63. The summed E-state index contributed by atoms with van der Waals surface area (Å²) < 4.78 is 83.1. The third-order valence-electron chi connectivity index (χ3n) is 6.44. The molecule has 0 bridgehead atoms. The lowest BCUT2D eigenvalue weighted by molar-refractivity contribution is -0.137. The maximum absolute atomic E-state index is 13.8. The van der Waals surface area contributed by atoms with E-state index in [9.17, 15) is 26.0 Å². The Kier molecular flexibility index (Phi) is 6.67. The first-order valence-corrected chi connectivity index (χ1v) is 13.2. The number of sulfonamides is 1. The number of hydrogen-bond donors (Lipinski definition) is 1. The van der Waals surface area contributed by atoms with Gasteiger partial charge >= 0.3 is 6.18 Å². The van der Waals surface area contributed by atoms with E-state index in [0.29, 0.717) is 44.5 Å². The number of anilines is 1. The van der Waals surface area contributed by atoms with Crippen LogP contribution in [0.5, 0.6) is 0 Å². The van der Waals surface area contributed by atoms with Gasteiger partial charge in [0.1, 0.15) is 5.82 Å². The molecule has 0 amide bonds. The maximum Gasteiger partial charge on any atom is 0.416 e. The fraction of sp³-hybridized carbons (Fsp3) is 0.269. The number of fused-ring (bicyclic) bond motifs is 1. The van der Waals surface area contributed by atoms with Gasteiger partial charge in [0, 0.05) is 19.1 Å². The average Bonchev–Trinajstić information content (AvgIpc) is 3.22. The van der Waals surface area contributed by atoms with Gasteiger partial charge in [0.2, 0.25) is 16.0 Å². The predicted molar refractivity (Wildman–Crippen MR) is 132 cm³/mol. The molecular weight excluding hydrogens is 508 g/mol. The molecule has 6 nitrogen and oxygen atoms in total. The normalized spacial score (nSPS) is 15.4. The van der Waals surface area contributed by atoms with Gasteiger partial charge < -0.3 is 9.47 Å². The number of hydrogen-bond acceptors (Lipinski definition) is 4. The molecule has 1 aliphatic heterocycles. The van der Waals surface area contributed by atoms with Crippen molar-refractivity contribution in [2.75, 3.05) is 18.0 Å². The van der Waals surface area contributed by atoms with E-state index in [1.807, 2.05) is 39.8 Å². The first-order valence-electron chi connectivity index (χ1n) is 11.7. The topological polar surface area (TPSA) is 67.2 Å². The number of imidazole rings is 1. The van der Waals surface area contributed by atoms with Crippen LogP contribution >= 0.6 is 0 Å². The van der Waals surface area contributed by atoms with Crippen molar-refractivity contribution < 1.29 is 26.0 Å². The van der Waals surface area contributed by atoms with Crippen LogP contribution in [0.25, 0.3) is 11.0 Å². The zero-order chi connectivity index (χ0) is 26.2. The number of nitrogens with zero attached hydrogens (tertiary/aromatic N) is 3. The second kappa shape index (κ2) is 9.79. The number of halogens is 4. The van der Waals surface area contributed by atoms with Crippen LogP contribution in [0.1, 0.15) is 24.0 Å². The molecule has 4 aromatic rings. The summed E-state index contributed by atoms with van der Waals surface area (Å²) in [6.07, 6.45) is -3.74. The quantitative estimate of drug-likeness (QED) is 0.347. The van der Waals surface area contributed by atoms with Gasteiger partial charge in [-0.15, -0.1) is 0 Å². The summed E-state index contributed by atoms with van der Waals surface area (Å²) in [6, 6.07) is 17.3. The van der Waals surface area contributed by atoms with Crippen LogP contribution in [0.15, 0.2) is 77.7 Å². The van der Waals surface area contributed by atoms with Gasteiger partial charge in [0.25, 0.3) is 0 Å². The molecule has 1 saturated heterocycles. The Hall–Kier alpha value is -3.44. The number of alkyl halides is 3. The van der Waals surface area contributed by atoms with Crippen molar-refractivity contribution in [3.05, 3.63) is 89.7 Å². The van der Waals surface area contributed by atoms with E-state index < -0.39 is 32.7 Å². The largest absolute Gasteiger partial charge is 0.416 e. The lowest BCUT2D eigenvalue weighted by Crippen LogP contribution is -2.45. The van der Waals surface area contributed by atoms with Crippen LogP contribution in [-0.2, 0) is 22.7 Å². The third-order valence-corrected chi connectivity index (χ3v) is 7.95. The molecule has 1 aliphatic rings. The SMILES string of the molecule is O=S(=O)(NC1CCN(c2nc3ccccc3n2Cc2cccc(F)c2)CC1)c1cccc(C(F)(F)F)c1. The highest BCUT2D eigenvalue weighted by Crippen LogP contribution is 2.31. The highest BCUT2D eigenvalue weighted by Gasteiger charge is 2.32. The fourth-order valence-corrected chi connectivity index (χ4v) is 5.95. The van der Waals surface area contributed by atoms with Crippen LogP contribution in [-0.4, -0.2) is 37.1 Å². The third kappa shape index (κ3) is 5.47. The van der Waals surface area contributed by atoms with E-state index in [-0.39, 0.29) is 5.82 Å². The lowest BCUT2D eigenvalue weighted by Gasteiger charge is -2.33. The standard InChI is InChI=1S/C26H24F4N4O2S/c27-20-7-3-5-18(15-20)17-34-24-10-2-1-9-23(24)31-25(34)33-13-11-21(12-14-33)32-37(35,36)22-8-4-6-19(16-22)26(28,29)30/h1-10,15-16,21,32H,11-14,17H2. The van der Waals surface area contributed by atoms with Crippen LogP contribution in [0.3, 0.4) is 0 Å². The van der Waals surface area contributed by atoms with Crippen molar-refractivity contribution in [2.24, 2.45) is 0 Å². The lowest BCUT2D eigenvalue weighted by atomic mass is 10.1. The molecule has 0 unspecified atom stereocenters. The van der Waals surface area contributed by atoms with Gasteiger partial charge in [-0.05, 0) is 60.9 Å². The van der Waals surface area contributed by atoms with Crippen molar-refractivity contribution in [3.8, 4) is 0 Å². The summed E-state index contributed by atoms with van der Waals surface area (Å²) in [7, 11) is -4.12. The molecule has 1 N–H and O–H groups in total. The molecule has 11 heteroatoms. The number of rotatable bonds is 6. The van der Waals surface area contributed by atoms with Gasteiger partial charge in [-0.2, -0.15) is 13.2 Å². The minimum Gasteiger partial charge on any atom is -0.342 e. The Bertz CT molecular complexity index is 1530. The highest BCUT2D eigenvalue weighted by molar-refractivity contribution is 7.89. The van der Waals surface area contributed by atoms with E-state index in [1.54, 1.807) is 6.07 Å². The van der Waals surface area contributed by atoms with Crippen LogP contribution in [0.2, 0.25) is 0 Å². The molecule has 5 rings (SSSR count). The molecule has 194 valence electrons. The van der Waals surface area contributed by atoms with Gasteiger partial charge in [-0.25, -0.2) is 22.5 Å². The molecule has 0 spiro atoms. The van der Waals surface area contributed by atoms with E-state index >= 15 is 0 Å². The Morgan fingerprint density at radius 3 is 2.41 bits per heavy atom. The molecule has 0 saturated carbocycles. The van der Waals surface area contributed by atoms with Crippen LogP contribution < -0.4 is 9.62 Å². The molecule has 2 heterocycles. The summed E-state index contributed by atoms with van der Waals surface area (Å²) in [4.78, 5) is 6.42. The van der Waals surface area contributed by atoms with Crippen LogP contribution in [0, 0.1) is 5.82 Å². The zero-order valence-electron chi connectivity index (χ0n) is 19.6. The average molecular weight is 533 g/mol. The molecule has 37 heavy (non-hydrogen) atoms. The Balaban J connectivity index is 1.33. The predicted octanol–water partition coefficient (Wildman–Crippen LogP) is 5.19. The fourth-order valence-electron chi connectivity index (χ4n) is 4.60. The number of para-hydroxylation sites is 2. The molecule has 0 aliphatic carbocycles. The van der Waals surface area contributed by atoms with Crippen molar-refractivity contribution in [3.63, 3.8) is 0 Å². The summed E-state index contributed by atoms with van der Waals surface area (Å²) in [5.41, 5.74) is 1.46. The molecule has 3 aromatic carbocycles. The number of nitrogens with one attached hydrogen (secondary N) is 1. The van der Waals surface area contributed by atoms with Crippen molar-refractivity contribution in [1.29, 1.82) is 0 Å². The Labute approximate surface area is 211 Å². The number of aromatic nitrogens is 2. The highest BCUT2D eigenvalue weighted by atomic mass is 32.2. The Morgan fingerprint density at radius 2 is 1.68 bits per heavy atom. The summed E-state index contributed by atoms with van der Waals surface area (Å²) in [6.45, 7) is 1.39. The molecular formula is C26H24F4N4O2S. The van der Waals surface area contributed by atoms with Crippen molar-refractivity contribution in [2.45, 2.75) is 36.5 Å². The van der Waals surface area contributed by atoms with Crippen LogP contribution in [0.4, 0.5) is 23.5 Å². The van der Waals surface area contributed by atoms with Gasteiger partial charge in [0.15, 0.2) is 0 Å². The second-order valence-electron chi connectivity index (χ2n) is 9.02. The maximum atomic E-state index is 13.8. The van der Waals surface area contributed by atoms with Gasteiger partial charge in [0.05, 0.1) is 28.0 Å². The molecule has 0 atom stereocenters. The van der Waals surface area contributed by atoms with Gasteiger partial charge in [-0.1, -0.05) is 30.3 Å². The smallest absolute Gasteiger partial charge is 0.342 e. The van der Waals surface area contributed by atoms with Crippen molar-refractivity contribution >= 4 is 27.0 Å². The van der Waals surface area contributed by atoms with E-state index in [4.69, 9.17) is 4.98 Å². The summed E-state index contributed by atoms with van der Waals surface area (Å²) in [5, 5.41) is 0. The van der Waals surface area contributed by atoms with Gasteiger partial charge in [-0.3, -0.25) is 0 Å².